The number of fused-ring (bicyclic) bond motifs is 1. The zero-order valence-corrected chi connectivity index (χ0v) is 19.0. The molecular weight excluding hydrogens is 404 g/mol. The minimum Gasteiger partial charge on any atom is -0.495 e. The average Bonchev–Trinajstić information content (AvgIpc) is 3.21. The molecule has 1 saturated carbocycles. The van der Waals surface area contributed by atoms with Crippen LogP contribution in [-0.4, -0.2) is 72.3 Å². The quantitative estimate of drug-likeness (QED) is 0.628. The first-order valence-electron chi connectivity index (χ1n) is 11.6. The molecule has 32 heavy (non-hydrogen) atoms. The lowest BCUT2D eigenvalue weighted by atomic mass is 9.89. The van der Waals surface area contributed by atoms with Gasteiger partial charge >= 0.3 is 0 Å². The van der Waals surface area contributed by atoms with Crippen molar-refractivity contribution in [2.45, 2.75) is 43.9 Å². The van der Waals surface area contributed by atoms with Crippen molar-refractivity contribution in [3.63, 3.8) is 0 Å². The summed E-state index contributed by atoms with van der Waals surface area (Å²) in [5.74, 6) is 1.60. The molecule has 3 heterocycles. The molecule has 2 aliphatic heterocycles. The number of benzene rings is 1. The molecule has 1 saturated heterocycles. The van der Waals surface area contributed by atoms with Crippen LogP contribution < -0.4 is 21.5 Å². The molecule has 1 unspecified atom stereocenters. The third-order valence-corrected chi connectivity index (χ3v) is 7.25. The number of likely N-dealkylation sites (N-methyl/N-ethyl adjacent to an activating group) is 1. The summed E-state index contributed by atoms with van der Waals surface area (Å²) in [6.07, 6.45) is 5.88. The largest absolute Gasteiger partial charge is 0.495 e. The molecule has 5 N–H and O–H groups in total. The van der Waals surface area contributed by atoms with Gasteiger partial charge in [-0.3, -0.25) is 9.89 Å². The molecule has 1 atom stereocenters. The van der Waals surface area contributed by atoms with E-state index in [1.54, 1.807) is 13.4 Å². The van der Waals surface area contributed by atoms with Crippen LogP contribution in [0.4, 0.5) is 11.5 Å². The maximum atomic E-state index is 6.40. The van der Waals surface area contributed by atoms with Crippen LogP contribution in [0.15, 0.2) is 23.2 Å². The van der Waals surface area contributed by atoms with Crippen LogP contribution in [0.2, 0.25) is 0 Å². The van der Waals surface area contributed by atoms with E-state index in [1.165, 1.54) is 39.0 Å². The third kappa shape index (κ3) is 3.85. The maximum Gasteiger partial charge on any atom is 0.142 e. The number of methoxy groups -OCH3 is 1. The van der Waals surface area contributed by atoms with Crippen LogP contribution >= 0.6 is 0 Å². The van der Waals surface area contributed by atoms with Crippen molar-refractivity contribution >= 4 is 17.8 Å². The molecule has 2 aromatic rings. The molecule has 0 radical (unpaired) electrons. The summed E-state index contributed by atoms with van der Waals surface area (Å²) in [6, 6.07) is 6.79. The van der Waals surface area contributed by atoms with Gasteiger partial charge in [-0.2, -0.15) is 5.10 Å². The number of nitrogens with two attached hydrogens (primary N) is 2. The first kappa shape index (κ1) is 21.2. The number of aromatic nitrogens is 2. The van der Waals surface area contributed by atoms with Crippen LogP contribution in [0, 0.1) is 0 Å². The lowest BCUT2D eigenvalue weighted by molar-refractivity contribution is 0.0813. The normalized spacial score (nSPS) is 26.5. The molecule has 9 heteroatoms. The highest BCUT2D eigenvalue weighted by molar-refractivity contribution is 5.84. The molecule has 3 aliphatic rings. The lowest BCUT2D eigenvalue weighted by Gasteiger charge is -2.41. The van der Waals surface area contributed by atoms with E-state index in [4.69, 9.17) is 21.3 Å². The molecule has 0 amide bonds. The number of hydrogen-bond acceptors (Lipinski definition) is 8. The van der Waals surface area contributed by atoms with Gasteiger partial charge in [0, 0.05) is 37.8 Å². The molecule has 1 aliphatic carbocycles. The first-order chi connectivity index (χ1) is 15.5. The predicted octanol–water partition coefficient (Wildman–Crippen LogP) is 2.28. The topological polar surface area (TPSA) is 110 Å². The van der Waals surface area contributed by atoms with Gasteiger partial charge in [0.05, 0.1) is 30.7 Å². The van der Waals surface area contributed by atoms with Gasteiger partial charge in [0.2, 0.25) is 0 Å². The number of rotatable bonds is 4. The lowest BCUT2D eigenvalue weighted by Crippen LogP contribution is -2.50. The molecule has 9 nitrogen and oxygen atoms in total. The number of ether oxygens (including phenoxy) is 1. The van der Waals surface area contributed by atoms with Gasteiger partial charge in [-0.25, -0.2) is 4.68 Å². The number of nitrogens with one attached hydrogen (secondary N) is 1. The molecule has 2 fully saturated rings. The highest BCUT2D eigenvalue weighted by Gasteiger charge is 2.33. The van der Waals surface area contributed by atoms with Crippen molar-refractivity contribution in [1.29, 1.82) is 0 Å². The van der Waals surface area contributed by atoms with Gasteiger partial charge < -0.3 is 26.4 Å². The van der Waals surface area contributed by atoms with Gasteiger partial charge in [0.15, 0.2) is 0 Å². The fraction of sp³-hybridized carbons (Fsp3) is 0.565. The average molecular weight is 439 g/mol. The fourth-order valence-electron chi connectivity index (χ4n) is 5.32. The zero-order valence-electron chi connectivity index (χ0n) is 19.0. The standard InChI is InChI=1S/C23H34N8O/c1-29-9-11-30(12-10-29)16-4-6-17(7-5-16)31-23-20(22(25)26-14-27-23)21(28-31)15-3-8-18(24)19(13-15)32-2/h3,8,13-14,16-17,22H,4-7,9-12,24-25H2,1-2H3,(H,26,27)/t16-,17+,22?. The Kier molecular flexibility index (Phi) is 5.79. The van der Waals surface area contributed by atoms with Crippen molar-refractivity contribution < 1.29 is 4.74 Å². The minimum absolute atomic E-state index is 0.350. The Morgan fingerprint density at radius 3 is 2.50 bits per heavy atom. The van der Waals surface area contributed by atoms with E-state index in [1.807, 2.05) is 18.2 Å². The molecule has 1 aromatic heterocycles. The molecular formula is C23H34N8O. The zero-order chi connectivity index (χ0) is 22.2. The van der Waals surface area contributed by atoms with E-state index in [9.17, 15) is 0 Å². The summed E-state index contributed by atoms with van der Waals surface area (Å²) < 4.78 is 7.59. The predicted molar refractivity (Wildman–Crippen MR) is 128 cm³/mol. The van der Waals surface area contributed by atoms with Crippen LogP contribution in [-0.2, 0) is 0 Å². The SMILES string of the molecule is COc1cc(-c2nn([C@H]3CC[C@@H](N4CCN(C)CC4)CC3)c3c2C(N)N=CN3)ccc1N. The Bertz CT molecular complexity index is 986. The van der Waals surface area contributed by atoms with Crippen LogP contribution in [0.1, 0.15) is 43.5 Å². The van der Waals surface area contributed by atoms with E-state index < -0.39 is 6.17 Å². The second-order valence-electron chi connectivity index (χ2n) is 9.18. The summed E-state index contributed by atoms with van der Waals surface area (Å²) in [4.78, 5) is 9.48. The van der Waals surface area contributed by atoms with Crippen molar-refractivity contribution in [3.05, 3.63) is 23.8 Å². The summed E-state index contributed by atoms with van der Waals surface area (Å²) >= 11 is 0. The molecule has 5 rings (SSSR count). The summed E-state index contributed by atoms with van der Waals surface area (Å²) in [7, 11) is 3.84. The highest BCUT2D eigenvalue weighted by Crippen LogP contribution is 2.41. The second kappa shape index (κ2) is 8.73. The fourth-order valence-corrected chi connectivity index (χ4v) is 5.32. The Labute approximate surface area is 189 Å². The van der Waals surface area contributed by atoms with Crippen LogP contribution in [0.3, 0.4) is 0 Å². The number of anilines is 2. The van der Waals surface area contributed by atoms with Crippen LogP contribution in [0.5, 0.6) is 5.75 Å². The molecule has 1 aromatic carbocycles. The van der Waals surface area contributed by atoms with Gasteiger partial charge in [-0.05, 0) is 44.9 Å². The smallest absolute Gasteiger partial charge is 0.142 e. The van der Waals surface area contributed by atoms with E-state index in [0.29, 0.717) is 23.5 Å². The van der Waals surface area contributed by atoms with E-state index >= 15 is 0 Å². The summed E-state index contributed by atoms with van der Waals surface area (Å²) in [5, 5.41) is 8.39. The summed E-state index contributed by atoms with van der Waals surface area (Å²) in [6.45, 7) is 4.70. The number of nitrogens with zero attached hydrogens (tertiary/aromatic N) is 5. The number of aliphatic imine (C=N–C) groups is 1. The Balaban J connectivity index is 1.40. The van der Waals surface area contributed by atoms with Crippen molar-refractivity contribution in [3.8, 4) is 17.0 Å². The summed E-state index contributed by atoms with van der Waals surface area (Å²) in [5.41, 5.74) is 15.7. The Morgan fingerprint density at radius 2 is 1.78 bits per heavy atom. The first-order valence-corrected chi connectivity index (χ1v) is 11.6. The van der Waals surface area contributed by atoms with Gasteiger partial charge in [-0.1, -0.05) is 6.07 Å². The highest BCUT2D eigenvalue weighted by atomic mass is 16.5. The van der Waals surface area contributed by atoms with E-state index in [-0.39, 0.29) is 0 Å². The van der Waals surface area contributed by atoms with Gasteiger partial charge in [0.1, 0.15) is 23.4 Å². The maximum absolute atomic E-state index is 6.40. The molecule has 0 bridgehead atoms. The van der Waals surface area contributed by atoms with Crippen molar-refractivity contribution in [1.82, 2.24) is 19.6 Å². The minimum atomic E-state index is -0.444. The van der Waals surface area contributed by atoms with Crippen molar-refractivity contribution in [2.24, 2.45) is 10.7 Å². The monoisotopic (exact) mass is 438 g/mol. The van der Waals surface area contributed by atoms with E-state index in [2.05, 4.69) is 31.8 Å². The second-order valence-corrected chi connectivity index (χ2v) is 9.18. The Hall–Kier alpha value is -2.62. The van der Waals surface area contributed by atoms with Gasteiger partial charge in [0.25, 0.3) is 0 Å². The number of nitrogen functional groups attached to an aromatic ring is 1. The molecule has 0 spiro atoms. The number of hydrogen-bond donors (Lipinski definition) is 3. The van der Waals surface area contributed by atoms with Gasteiger partial charge in [-0.15, -0.1) is 0 Å². The van der Waals surface area contributed by atoms with Crippen LogP contribution in [0.25, 0.3) is 11.3 Å². The Morgan fingerprint density at radius 1 is 1.06 bits per heavy atom. The molecule has 172 valence electrons. The third-order valence-electron chi connectivity index (χ3n) is 7.25. The number of piperazine rings is 1. The van der Waals surface area contributed by atoms with Crippen molar-refractivity contribution in [2.75, 3.05) is 51.4 Å². The van der Waals surface area contributed by atoms with E-state index in [0.717, 1.165) is 35.5 Å².